The number of hydrogen-bond acceptors (Lipinski definition) is 16. The van der Waals surface area contributed by atoms with Crippen molar-refractivity contribution < 1.29 is 72.9 Å². The largest absolute Gasteiger partial charge is 0.460 e. The summed E-state index contributed by atoms with van der Waals surface area (Å²) in [6.07, 6.45) is 12.4. The van der Waals surface area contributed by atoms with E-state index in [0.29, 0.717) is 95.7 Å². The zero-order valence-electron chi connectivity index (χ0n) is 44.8. The van der Waals surface area contributed by atoms with Gasteiger partial charge in [0.2, 0.25) is 5.79 Å². The molecule has 4 saturated heterocycles. The van der Waals surface area contributed by atoms with Gasteiger partial charge in [0, 0.05) is 71.1 Å². The van der Waals surface area contributed by atoms with Crippen LogP contribution in [0.1, 0.15) is 125 Å². The highest BCUT2D eigenvalue weighted by Crippen LogP contribution is 2.45. The highest BCUT2D eigenvalue weighted by atomic mass is 16.6. The zero-order chi connectivity index (χ0) is 53.7. The first kappa shape index (κ1) is 59.9. The average Bonchev–Trinajstić information content (AvgIpc) is 3.78. The highest BCUT2D eigenvalue weighted by molar-refractivity contribution is 6.39. The molecule has 17 nitrogen and oxygen atoms in total. The Morgan fingerprint density at radius 1 is 0.863 bits per heavy atom. The molecule has 17 heteroatoms. The van der Waals surface area contributed by atoms with E-state index < -0.39 is 102 Å². The number of amides is 1. The molecule has 5 heterocycles. The summed E-state index contributed by atoms with van der Waals surface area (Å²) in [6.45, 7) is 12.0. The molecule has 0 aromatic rings. The van der Waals surface area contributed by atoms with Gasteiger partial charge in [-0.25, -0.2) is 4.79 Å². The highest BCUT2D eigenvalue weighted by Gasteiger charge is 2.57. The first-order valence-corrected chi connectivity index (χ1v) is 26.7. The molecular formula is C56H86N2O15. The number of fused-ring (bicyclic) bond motifs is 4. The second-order valence-electron chi connectivity index (χ2n) is 21.8. The number of Topliss-reactive ketones (excluding diaryl/α,β-unsaturated/α-hetero) is 3. The number of ether oxygens (including phenoxy) is 5. The minimum Gasteiger partial charge on any atom is -0.460 e. The van der Waals surface area contributed by atoms with Crippen LogP contribution in [-0.4, -0.2) is 167 Å². The minimum absolute atomic E-state index is 0.0157. The van der Waals surface area contributed by atoms with Crippen LogP contribution in [0.2, 0.25) is 0 Å². The number of allylic oxidation sites excluding steroid dienone is 7. The monoisotopic (exact) mass is 1030 g/mol. The van der Waals surface area contributed by atoms with Gasteiger partial charge in [0.05, 0.1) is 24.9 Å². The fraction of sp³-hybridized carbons (Fsp3) is 0.750. The Morgan fingerprint density at radius 3 is 2.29 bits per heavy atom. The summed E-state index contributed by atoms with van der Waals surface area (Å²) < 4.78 is 29.9. The molecule has 1 saturated carbocycles. The van der Waals surface area contributed by atoms with Crippen LogP contribution < -0.4 is 0 Å². The van der Waals surface area contributed by atoms with E-state index in [0.717, 1.165) is 12.7 Å². The lowest BCUT2D eigenvalue weighted by atomic mass is 9.68. The second kappa shape index (κ2) is 27.7. The van der Waals surface area contributed by atoms with E-state index >= 15 is 0 Å². The number of ketones is 3. The topological polar surface area (TPSA) is 236 Å². The lowest BCUT2D eigenvalue weighted by Gasteiger charge is -2.50. The lowest BCUT2D eigenvalue weighted by Crippen LogP contribution is -2.65. The molecule has 16 atom stereocenters. The van der Waals surface area contributed by atoms with Crippen molar-refractivity contribution in [2.75, 3.05) is 47.5 Å². The van der Waals surface area contributed by atoms with Crippen LogP contribution in [0.5, 0.6) is 0 Å². The van der Waals surface area contributed by atoms with E-state index in [2.05, 4.69) is 0 Å². The standard InChI is InChI=1S/C55H82N2O14.CH4O/c1-32-13-10-9-11-14-33(2)25-35(4)49(61)51(68-8)50(62)36(5)26-34(3)43(59)29-45-42(27-38-18-21-44(46(28-38)67-7)69-47(60)31-56-24-22-39(58)30-56)41-15-12-23-57(48(41)54(65)70-45)53(64)52(63)55(66)37(6)17-20-40(71-55)19-16-32;1-2/h9-11,13-14,26,33-35,37-42,44-46,48,50-51,58,62,66H,12,15-25,27-31H2,1-8H3;2H,1H3/b10-9+,14-11+,32-13+,36-26+;/t33-,34-,35?,37?,38?,39?,40-,41?,42+,44-,45+,46?,48?,50?,51+,55?;/m1./s1. The molecule has 0 spiro atoms. The fourth-order valence-corrected chi connectivity index (χ4v) is 12.1. The molecule has 6 aliphatic rings. The van der Waals surface area contributed by atoms with Crippen LogP contribution in [0.15, 0.2) is 47.6 Å². The molecule has 410 valence electrons. The number of nitrogens with zero attached hydrogens (tertiary/aromatic N) is 2. The van der Waals surface area contributed by atoms with Gasteiger partial charge in [-0.1, -0.05) is 69.7 Å². The molecule has 5 fully saturated rings. The molecule has 9 unspecified atom stereocenters. The van der Waals surface area contributed by atoms with Crippen molar-refractivity contribution in [1.29, 1.82) is 0 Å². The Labute approximate surface area is 432 Å². The van der Waals surface area contributed by atoms with Gasteiger partial charge in [-0.15, -0.1) is 0 Å². The summed E-state index contributed by atoms with van der Waals surface area (Å²) >= 11 is 0. The normalized spacial score (nSPS) is 40.3. The van der Waals surface area contributed by atoms with E-state index in [9.17, 15) is 44.1 Å². The number of esters is 2. The molecule has 0 aromatic carbocycles. The summed E-state index contributed by atoms with van der Waals surface area (Å²) in [5.74, 6) is -8.92. The van der Waals surface area contributed by atoms with E-state index in [4.69, 9.17) is 28.8 Å². The maximum Gasteiger partial charge on any atom is 0.329 e. The number of hydrogen-bond donors (Lipinski definition) is 4. The van der Waals surface area contributed by atoms with Crippen LogP contribution in [0, 0.1) is 41.4 Å². The summed E-state index contributed by atoms with van der Waals surface area (Å²) in [5.41, 5.74) is 1.44. The number of aliphatic hydroxyl groups is 4. The third-order valence-electron chi connectivity index (χ3n) is 16.4. The first-order chi connectivity index (χ1) is 34.7. The SMILES string of the molecule is CO.COC1CC(C[C@H]2C3CCCN4C(=O)C(=O)C5(O)O[C@H](CC/C(C)=C/C=C/C=C/[C@@H](C)CC(C)C(=O)[C@H](OC)C(O)/C(C)=C/[C@@H](C)C(=O)C[C@@H]2OC(=O)C34)CCC5C)CC[C@H]1OC(=O)CN1CCC(O)C1. The summed E-state index contributed by atoms with van der Waals surface area (Å²) in [6, 6.07) is -1.15. The van der Waals surface area contributed by atoms with Gasteiger partial charge in [-0.2, -0.15) is 0 Å². The van der Waals surface area contributed by atoms with Crippen LogP contribution >= 0.6 is 0 Å². The van der Waals surface area contributed by atoms with Gasteiger partial charge < -0.3 is 49.0 Å². The number of carbonyl (C=O) groups excluding carboxylic acids is 6. The van der Waals surface area contributed by atoms with E-state index in [-0.39, 0.29) is 48.9 Å². The molecule has 5 aliphatic heterocycles. The Bertz CT molecular complexity index is 2040. The van der Waals surface area contributed by atoms with Gasteiger partial charge in [0.15, 0.2) is 5.78 Å². The molecule has 0 radical (unpaired) electrons. The van der Waals surface area contributed by atoms with Crippen molar-refractivity contribution in [3.05, 3.63) is 47.6 Å². The van der Waals surface area contributed by atoms with E-state index in [1.165, 1.54) is 12.0 Å². The van der Waals surface area contributed by atoms with Gasteiger partial charge in [0.1, 0.15) is 36.2 Å². The number of aliphatic hydroxyl groups excluding tert-OH is 3. The Morgan fingerprint density at radius 2 is 1.60 bits per heavy atom. The van der Waals surface area contributed by atoms with Gasteiger partial charge in [-0.05, 0) is 114 Å². The van der Waals surface area contributed by atoms with Crippen LogP contribution in [-0.2, 0) is 52.5 Å². The Hall–Kier alpha value is -3.94. The van der Waals surface area contributed by atoms with Crippen LogP contribution in [0.4, 0.5) is 0 Å². The zero-order valence-corrected chi connectivity index (χ0v) is 44.8. The Balaban J connectivity index is 0.00000488. The summed E-state index contributed by atoms with van der Waals surface area (Å²) in [5, 5.41) is 40.5. The third kappa shape index (κ3) is 15.4. The molecule has 4 bridgehead atoms. The smallest absolute Gasteiger partial charge is 0.329 e. The summed E-state index contributed by atoms with van der Waals surface area (Å²) in [7, 11) is 3.96. The molecule has 1 aliphatic carbocycles. The number of carbonyl (C=O) groups is 6. The van der Waals surface area contributed by atoms with Crippen molar-refractivity contribution in [1.82, 2.24) is 9.80 Å². The fourth-order valence-electron chi connectivity index (χ4n) is 12.1. The van der Waals surface area contributed by atoms with Crippen molar-refractivity contribution >= 4 is 35.2 Å². The van der Waals surface area contributed by atoms with Crippen molar-refractivity contribution in [3.8, 4) is 0 Å². The molecule has 1 amide bonds. The number of β-amino-alcohol motifs (C(OH)–C–C–N with tert-alkyl or cyclic N) is 1. The van der Waals surface area contributed by atoms with Crippen LogP contribution in [0.25, 0.3) is 0 Å². The van der Waals surface area contributed by atoms with Crippen molar-refractivity contribution in [2.45, 2.75) is 180 Å². The maximum absolute atomic E-state index is 14.5. The van der Waals surface area contributed by atoms with Gasteiger partial charge >= 0.3 is 11.9 Å². The van der Waals surface area contributed by atoms with Crippen molar-refractivity contribution in [3.63, 3.8) is 0 Å². The Kier molecular flexibility index (Phi) is 22.8. The van der Waals surface area contributed by atoms with E-state index in [1.54, 1.807) is 34.0 Å². The van der Waals surface area contributed by atoms with Crippen LogP contribution in [0.3, 0.4) is 0 Å². The number of rotatable bonds is 7. The minimum atomic E-state index is -2.39. The third-order valence-corrected chi connectivity index (χ3v) is 16.4. The summed E-state index contributed by atoms with van der Waals surface area (Å²) in [4.78, 5) is 87.5. The van der Waals surface area contributed by atoms with Crippen molar-refractivity contribution in [2.24, 2.45) is 41.4 Å². The van der Waals surface area contributed by atoms with Gasteiger partial charge in [0.25, 0.3) is 11.7 Å². The van der Waals surface area contributed by atoms with E-state index in [1.807, 2.05) is 56.1 Å². The molecule has 6 rings (SSSR count). The lowest BCUT2D eigenvalue weighted by molar-refractivity contribution is -0.263. The molecular weight excluding hydrogens is 941 g/mol. The average molecular weight is 1030 g/mol. The first-order valence-electron chi connectivity index (χ1n) is 26.7. The predicted molar refractivity (Wildman–Crippen MR) is 271 cm³/mol. The number of piperidine rings is 1. The quantitative estimate of drug-likeness (QED) is 0.149. The second-order valence-corrected chi connectivity index (χ2v) is 21.8. The van der Waals surface area contributed by atoms with Gasteiger partial charge in [-0.3, -0.25) is 28.9 Å². The predicted octanol–water partition coefficient (Wildman–Crippen LogP) is 5.00. The molecule has 0 aromatic heterocycles. The number of methoxy groups -OCH3 is 2. The molecule has 4 N–H and O–H groups in total. The maximum atomic E-state index is 14.5. The molecule has 73 heavy (non-hydrogen) atoms. The number of likely N-dealkylation sites (tertiary alicyclic amines) is 1.